The number of hydrogen-bond donors (Lipinski definition) is 1. The van der Waals surface area contributed by atoms with Crippen molar-refractivity contribution in [3.05, 3.63) is 34.3 Å². The van der Waals surface area contributed by atoms with Crippen LogP contribution in [0.4, 0.5) is 0 Å². The van der Waals surface area contributed by atoms with Crippen LogP contribution in [-0.4, -0.2) is 27.2 Å². The van der Waals surface area contributed by atoms with Gasteiger partial charge in [0, 0.05) is 43.0 Å². The summed E-state index contributed by atoms with van der Waals surface area (Å²) in [5.74, 6) is 1.04. The number of ether oxygens (including phenoxy) is 1. The van der Waals surface area contributed by atoms with Crippen LogP contribution in [0.25, 0.3) is 0 Å². The van der Waals surface area contributed by atoms with Gasteiger partial charge >= 0.3 is 0 Å². The van der Waals surface area contributed by atoms with Gasteiger partial charge in [-0.15, -0.1) is 11.3 Å². The normalized spacial score (nSPS) is 22.6. The van der Waals surface area contributed by atoms with Crippen LogP contribution in [0, 0.1) is 6.92 Å². The van der Waals surface area contributed by atoms with Crippen molar-refractivity contribution < 1.29 is 4.74 Å². The van der Waals surface area contributed by atoms with E-state index in [0.717, 1.165) is 44.1 Å². The van der Waals surface area contributed by atoms with E-state index in [-0.39, 0.29) is 6.10 Å². The summed E-state index contributed by atoms with van der Waals surface area (Å²) in [6, 6.07) is 0.313. The van der Waals surface area contributed by atoms with Gasteiger partial charge in [0.05, 0.1) is 11.2 Å². The lowest BCUT2D eigenvalue weighted by atomic mass is 10.0. The summed E-state index contributed by atoms with van der Waals surface area (Å²) < 4.78 is 8.19. The molecule has 1 aliphatic heterocycles. The van der Waals surface area contributed by atoms with Crippen molar-refractivity contribution in [3.8, 4) is 0 Å². The zero-order valence-electron chi connectivity index (χ0n) is 12.6. The summed E-state index contributed by atoms with van der Waals surface area (Å²) in [6.45, 7) is 6.80. The molecule has 21 heavy (non-hydrogen) atoms. The van der Waals surface area contributed by atoms with Crippen LogP contribution in [0.5, 0.6) is 0 Å². The number of nitrogens with one attached hydrogen (secondary N) is 1. The molecule has 0 unspecified atom stereocenters. The Morgan fingerprint density at radius 3 is 3.14 bits per heavy atom. The van der Waals surface area contributed by atoms with Crippen molar-refractivity contribution in [3.63, 3.8) is 0 Å². The van der Waals surface area contributed by atoms with Gasteiger partial charge < -0.3 is 14.6 Å². The lowest BCUT2D eigenvalue weighted by molar-refractivity contribution is -0.0181. The van der Waals surface area contributed by atoms with Crippen molar-refractivity contribution in [1.29, 1.82) is 0 Å². The summed E-state index contributed by atoms with van der Waals surface area (Å²) in [5.41, 5.74) is 3.03. The molecule has 0 bridgehead atoms. The second kappa shape index (κ2) is 6.68. The first-order chi connectivity index (χ1) is 10.3. The SMILES string of the molecule is CCn1ccnc1[C@H]1OCCC[C@@H]1NCc1scnc1C. The first-order valence-electron chi connectivity index (χ1n) is 7.54. The first-order valence-corrected chi connectivity index (χ1v) is 8.42. The molecule has 0 aliphatic carbocycles. The smallest absolute Gasteiger partial charge is 0.139 e. The molecule has 0 saturated carbocycles. The van der Waals surface area contributed by atoms with Gasteiger partial charge in [-0.2, -0.15) is 0 Å². The molecular formula is C15H22N4OS. The molecule has 114 valence electrons. The third-order valence-corrected chi connectivity index (χ3v) is 4.97. The van der Waals surface area contributed by atoms with Gasteiger partial charge in [-0.3, -0.25) is 0 Å². The van der Waals surface area contributed by atoms with Gasteiger partial charge in [-0.1, -0.05) is 0 Å². The maximum Gasteiger partial charge on any atom is 0.139 e. The quantitative estimate of drug-likeness (QED) is 0.923. The van der Waals surface area contributed by atoms with Gasteiger partial charge in [-0.25, -0.2) is 9.97 Å². The summed E-state index contributed by atoms with van der Waals surface area (Å²) >= 11 is 1.71. The largest absolute Gasteiger partial charge is 0.369 e. The summed E-state index contributed by atoms with van der Waals surface area (Å²) in [4.78, 5) is 10.1. The fourth-order valence-corrected chi connectivity index (χ4v) is 3.54. The Hall–Kier alpha value is -1.24. The molecule has 1 saturated heterocycles. The Balaban J connectivity index is 1.71. The highest BCUT2D eigenvalue weighted by atomic mass is 32.1. The van der Waals surface area contributed by atoms with Crippen LogP contribution in [-0.2, 0) is 17.8 Å². The molecule has 0 amide bonds. The van der Waals surface area contributed by atoms with Gasteiger partial charge in [0.1, 0.15) is 11.9 Å². The summed E-state index contributed by atoms with van der Waals surface area (Å²) in [7, 11) is 0. The van der Waals surface area contributed by atoms with E-state index in [2.05, 4.69) is 33.7 Å². The number of aromatic nitrogens is 3. The lowest BCUT2D eigenvalue weighted by Gasteiger charge is -2.32. The maximum atomic E-state index is 6.02. The molecule has 3 heterocycles. The standard InChI is InChI=1S/C15H22N4OS/c1-3-19-7-6-16-15(19)14-12(5-4-8-20-14)17-9-13-11(2)18-10-21-13/h6-7,10,12,14,17H,3-5,8-9H2,1-2H3/t12-,14-/m0/s1. The number of aryl methyl sites for hydroxylation is 2. The average Bonchev–Trinajstić information content (AvgIpc) is 3.14. The highest BCUT2D eigenvalue weighted by Gasteiger charge is 2.30. The van der Waals surface area contributed by atoms with Crippen molar-refractivity contribution in [2.24, 2.45) is 0 Å². The topological polar surface area (TPSA) is 52.0 Å². The van der Waals surface area contributed by atoms with E-state index in [9.17, 15) is 0 Å². The van der Waals surface area contributed by atoms with Crippen LogP contribution in [0.1, 0.15) is 42.3 Å². The van der Waals surface area contributed by atoms with E-state index in [1.165, 1.54) is 4.88 Å². The predicted molar refractivity (Wildman–Crippen MR) is 83.3 cm³/mol. The highest BCUT2D eigenvalue weighted by Crippen LogP contribution is 2.28. The monoisotopic (exact) mass is 306 g/mol. The van der Waals surface area contributed by atoms with Gasteiger partial charge in [-0.05, 0) is 26.7 Å². The Morgan fingerprint density at radius 2 is 2.38 bits per heavy atom. The minimum atomic E-state index is 0.0435. The molecular weight excluding hydrogens is 284 g/mol. The molecule has 0 aromatic carbocycles. The van der Waals surface area contributed by atoms with Crippen LogP contribution in [0.2, 0.25) is 0 Å². The molecule has 2 aromatic heterocycles. The predicted octanol–water partition coefficient (Wildman–Crippen LogP) is 2.68. The van der Waals surface area contributed by atoms with E-state index < -0.39 is 0 Å². The molecule has 6 heteroatoms. The minimum Gasteiger partial charge on any atom is -0.369 e. The van der Waals surface area contributed by atoms with Crippen molar-refractivity contribution in [2.75, 3.05) is 6.61 Å². The van der Waals surface area contributed by atoms with Crippen LogP contribution in [0.3, 0.4) is 0 Å². The fourth-order valence-electron chi connectivity index (χ4n) is 2.81. The molecule has 1 fully saturated rings. The zero-order chi connectivity index (χ0) is 14.7. The molecule has 0 radical (unpaired) electrons. The van der Waals surface area contributed by atoms with E-state index in [0.29, 0.717) is 6.04 Å². The van der Waals surface area contributed by atoms with Crippen LogP contribution < -0.4 is 5.32 Å². The number of imidazole rings is 1. The van der Waals surface area contributed by atoms with E-state index in [4.69, 9.17) is 4.74 Å². The molecule has 1 N–H and O–H groups in total. The molecule has 0 spiro atoms. The van der Waals surface area contributed by atoms with Crippen molar-refractivity contribution >= 4 is 11.3 Å². The number of hydrogen-bond acceptors (Lipinski definition) is 5. The summed E-state index contributed by atoms with van der Waals surface area (Å²) in [5, 5.41) is 3.65. The lowest BCUT2D eigenvalue weighted by Crippen LogP contribution is -2.40. The molecule has 1 aliphatic rings. The zero-order valence-corrected chi connectivity index (χ0v) is 13.4. The number of rotatable bonds is 5. The van der Waals surface area contributed by atoms with E-state index in [1.807, 2.05) is 17.9 Å². The van der Waals surface area contributed by atoms with Crippen molar-refractivity contribution in [2.45, 2.75) is 51.9 Å². The third-order valence-electron chi connectivity index (χ3n) is 4.03. The second-order valence-electron chi connectivity index (χ2n) is 5.35. The van der Waals surface area contributed by atoms with E-state index in [1.54, 1.807) is 11.3 Å². The number of nitrogens with zero attached hydrogens (tertiary/aromatic N) is 3. The van der Waals surface area contributed by atoms with Gasteiger partial charge in [0.15, 0.2) is 0 Å². The molecule has 3 rings (SSSR count). The highest BCUT2D eigenvalue weighted by molar-refractivity contribution is 7.09. The molecule has 2 atom stereocenters. The van der Waals surface area contributed by atoms with Gasteiger partial charge in [0.25, 0.3) is 0 Å². The molecule has 2 aromatic rings. The Kier molecular flexibility index (Phi) is 4.67. The van der Waals surface area contributed by atoms with Gasteiger partial charge in [0.2, 0.25) is 0 Å². The fraction of sp³-hybridized carbons (Fsp3) is 0.600. The number of thiazole rings is 1. The maximum absolute atomic E-state index is 6.02. The van der Waals surface area contributed by atoms with E-state index >= 15 is 0 Å². The minimum absolute atomic E-state index is 0.0435. The average molecular weight is 306 g/mol. The van der Waals surface area contributed by atoms with Crippen LogP contribution >= 0.6 is 11.3 Å². The molecule has 5 nitrogen and oxygen atoms in total. The Bertz CT molecular complexity index is 580. The van der Waals surface area contributed by atoms with Crippen molar-refractivity contribution in [1.82, 2.24) is 19.9 Å². The first kappa shape index (κ1) is 14.7. The second-order valence-corrected chi connectivity index (χ2v) is 6.29. The van der Waals surface area contributed by atoms with Crippen LogP contribution in [0.15, 0.2) is 17.9 Å². The summed E-state index contributed by atoms with van der Waals surface area (Å²) in [6.07, 6.45) is 6.16. The third kappa shape index (κ3) is 3.17. The Morgan fingerprint density at radius 1 is 1.48 bits per heavy atom. The Labute approximate surface area is 129 Å².